The van der Waals surface area contributed by atoms with E-state index in [-0.39, 0.29) is 10.9 Å². The van der Waals surface area contributed by atoms with E-state index in [9.17, 15) is 8.42 Å². The summed E-state index contributed by atoms with van der Waals surface area (Å²) in [7, 11) is 1.93. The second kappa shape index (κ2) is 9.82. The number of hydrogen-bond donors (Lipinski definition) is 1. The van der Waals surface area contributed by atoms with Crippen LogP contribution in [-0.4, -0.2) is 57.6 Å². The summed E-state index contributed by atoms with van der Waals surface area (Å²) in [5.74, 6) is 3.36. The van der Waals surface area contributed by atoms with Gasteiger partial charge in [-0.05, 0) is 38.4 Å². The van der Waals surface area contributed by atoms with Gasteiger partial charge >= 0.3 is 0 Å². The number of furan rings is 1. The highest BCUT2D eigenvalue weighted by atomic mass is 32.2. The van der Waals surface area contributed by atoms with Crippen molar-refractivity contribution < 1.29 is 12.8 Å². The number of rotatable bonds is 9. The predicted molar refractivity (Wildman–Crippen MR) is 110 cm³/mol. The molecule has 7 nitrogen and oxygen atoms in total. The van der Waals surface area contributed by atoms with Gasteiger partial charge in [-0.15, -0.1) is 4.40 Å². The molecule has 1 aromatic carbocycles. The van der Waals surface area contributed by atoms with Gasteiger partial charge in [0.25, 0.3) is 10.0 Å². The standard InChI is InChI=1S/C18H26N4O3S2/c1-21(2)13-15-9-10-16(25-15)14-26-12-11-22(3)18(19)20-27(23,24)17-7-5-4-6-8-17/h4-10H,11-14H2,1-3H3,(H2,19,20). The van der Waals surface area contributed by atoms with Gasteiger partial charge in [0.05, 0.1) is 17.2 Å². The van der Waals surface area contributed by atoms with Crippen LogP contribution in [0.1, 0.15) is 11.5 Å². The lowest BCUT2D eigenvalue weighted by Crippen LogP contribution is -2.36. The van der Waals surface area contributed by atoms with Crippen molar-refractivity contribution >= 4 is 27.7 Å². The van der Waals surface area contributed by atoms with Gasteiger partial charge in [-0.1, -0.05) is 18.2 Å². The SMILES string of the molecule is CN(C)Cc1ccc(CSCCN(C)C(N)=NS(=O)(=O)c2ccccc2)o1. The third-order valence-electron chi connectivity index (χ3n) is 3.65. The molecule has 1 heterocycles. The fourth-order valence-corrected chi connectivity index (χ4v) is 4.12. The van der Waals surface area contributed by atoms with Crippen molar-refractivity contribution in [2.45, 2.75) is 17.2 Å². The minimum absolute atomic E-state index is 0.0225. The van der Waals surface area contributed by atoms with Crippen LogP contribution < -0.4 is 5.73 Å². The van der Waals surface area contributed by atoms with Gasteiger partial charge in [0.2, 0.25) is 5.96 Å². The van der Waals surface area contributed by atoms with Crippen LogP contribution in [0.2, 0.25) is 0 Å². The molecule has 0 atom stereocenters. The molecule has 9 heteroatoms. The van der Waals surface area contributed by atoms with E-state index in [1.54, 1.807) is 41.9 Å². The highest BCUT2D eigenvalue weighted by Crippen LogP contribution is 2.16. The van der Waals surface area contributed by atoms with E-state index in [0.29, 0.717) is 6.54 Å². The highest BCUT2D eigenvalue weighted by molar-refractivity contribution is 7.98. The molecule has 148 valence electrons. The first kappa shape index (κ1) is 21.3. The van der Waals surface area contributed by atoms with Crippen LogP contribution in [0.25, 0.3) is 0 Å². The summed E-state index contributed by atoms with van der Waals surface area (Å²) in [5, 5.41) is 0. The Kier molecular flexibility index (Phi) is 7.76. The molecular formula is C18H26N4O3S2. The number of benzene rings is 1. The Labute approximate surface area is 165 Å². The van der Waals surface area contributed by atoms with Crippen LogP contribution in [0.5, 0.6) is 0 Å². The minimum Gasteiger partial charge on any atom is -0.464 e. The summed E-state index contributed by atoms with van der Waals surface area (Å²) in [4.78, 5) is 3.81. The molecule has 0 saturated heterocycles. The van der Waals surface area contributed by atoms with Crippen LogP contribution in [-0.2, 0) is 22.3 Å². The van der Waals surface area contributed by atoms with Crippen LogP contribution in [0.3, 0.4) is 0 Å². The van der Waals surface area contributed by atoms with Crippen molar-refractivity contribution in [1.29, 1.82) is 0 Å². The summed E-state index contributed by atoms with van der Waals surface area (Å²) < 4.78 is 33.9. The summed E-state index contributed by atoms with van der Waals surface area (Å²) >= 11 is 1.69. The monoisotopic (exact) mass is 410 g/mol. The van der Waals surface area contributed by atoms with E-state index >= 15 is 0 Å². The van der Waals surface area contributed by atoms with E-state index in [0.717, 1.165) is 29.6 Å². The number of guanidine groups is 1. The van der Waals surface area contributed by atoms with Crippen LogP contribution >= 0.6 is 11.8 Å². The van der Waals surface area contributed by atoms with Crippen LogP contribution in [0, 0.1) is 0 Å². The zero-order chi connectivity index (χ0) is 19.9. The average molecular weight is 411 g/mol. The maximum atomic E-state index is 12.2. The first-order valence-electron chi connectivity index (χ1n) is 8.44. The maximum absolute atomic E-state index is 12.2. The third kappa shape index (κ3) is 6.93. The van der Waals surface area contributed by atoms with Crippen molar-refractivity contribution in [1.82, 2.24) is 9.80 Å². The Morgan fingerprint density at radius 2 is 1.78 bits per heavy atom. The van der Waals surface area contributed by atoms with Crippen molar-refractivity contribution in [2.75, 3.05) is 33.4 Å². The molecule has 2 rings (SSSR count). The fourth-order valence-electron chi connectivity index (χ4n) is 2.22. The number of nitrogens with two attached hydrogens (primary N) is 1. The fraction of sp³-hybridized carbons (Fsp3) is 0.389. The van der Waals surface area contributed by atoms with Crippen LogP contribution in [0.15, 0.2) is 56.2 Å². The van der Waals surface area contributed by atoms with Crippen molar-refractivity contribution in [3.05, 3.63) is 54.0 Å². The number of hydrogen-bond acceptors (Lipinski definition) is 5. The summed E-state index contributed by atoms with van der Waals surface area (Å²) in [6, 6.07) is 12.0. The van der Waals surface area contributed by atoms with Gasteiger partial charge in [0.1, 0.15) is 11.5 Å². The van der Waals surface area contributed by atoms with Gasteiger partial charge in [-0.25, -0.2) is 0 Å². The molecule has 0 aliphatic rings. The molecule has 0 spiro atoms. The second-order valence-corrected chi connectivity index (χ2v) is 9.03. The van der Waals surface area contributed by atoms with E-state index in [1.807, 2.05) is 26.2 Å². The van der Waals surface area contributed by atoms with Crippen molar-refractivity contribution in [3.8, 4) is 0 Å². The average Bonchev–Trinajstić information content (AvgIpc) is 3.05. The van der Waals surface area contributed by atoms with Crippen molar-refractivity contribution in [3.63, 3.8) is 0 Å². The Bertz CT molecular complexity index is 849. The first-order chi connectivity index (χ1) is 12.8. The molecule has 0 amide bonds. The van der Waals surface area contributed by atoms with Gasteiger partial charge in [0.15, 0.2) is 0 Å². The van der Waals surface area contributed by atoms with Gasteiger partial charge < -0.3 is 20.0 Å². The molecule has 1 aromatic heterocycles. The quantitative estimate of drug-likeness (QED) is 0.385. The van der Waals surface area contributed by atoms with Crippen LogP contribution in [0.4, 0.5) is 0 Å². The minimum atomic E-state index is -3.79. The Morgan fingerprint density at radius 1 is 1.11 bits per heavy atom. The van der Waals surface area contributed by atoms with Gasteiger partial charge in [-0.2, -0.15) is 20.2 Å². The number of thioether (sulfide) groups is 1. The topological polar surface area (TPSA) is 92.1 Å². The summed E-state index contributed by atoms with van der Waals surface area (Å²) in [6.45, 7) is 1.35. The zero-order valence-electron chi connectivity index (χ0n) is 15.8. The molecule has 0 saturated carbocycles. The molecule has 0 bridgehead atoms. The third-order valence-corrected chi connectivity index (χ3v) is 5.91. The molecular weight excluding hydrogens is 384 g/mol. The lowest BCUT2D eigenvalue weighted by molar-refractivity contribution is 0.344. The van der Waals surface area contributed by atoms with E-state index < -0.39 is 10.0 Å². The molecule has 0 aliphatic heterocycles. The second-order valence-electron chi connectivity index (χ2n) is 6.32. The Morgan fingerprint density at radius 3 is 2.44 bits per heavy atom. The number of nitrogens with zero attached hydrogens (tertiary/aromatic N) is 3. The predicted octanol–water partition coefficient (Wildman–Crippen LogP) is 2.21. The lowest BCUT2D eigenvalue weighted by atomic mass is 10.4. The molecule has 0 aliphatic carbocycles. The largest absolute Gasteiger partial charge is 0.464 e. The highest BCUT2D eigenvalue weighted by Gasteiger charge is 2.14. The van der Waals surface area contributed by atoms with Gasteiger partial charge in [-0.3, -0.25) is 0 Å². The molecule has 2 aromatic rings. The van der Waals surface area contributed by atoms with E-state index in [2.05, 4.69) is 9.30 Å². The Hall–Kier alpha value is -1.97. The lowest BCUT2D eigenvalue weighted by Gasteiger charge is -2.17. The maximum Gasteiger partial charge on any atom is 0.285 e. The normalized spacial score (nSPS) is 12.5. The molecule has 0 fully saturated rings. The summed E-state index contributed by atoms with van der Waals surface area (Å²) in [6.07, 6.45) is 0. The summed E-state index contributed by atoms with van der Waals surface area (Å²) in [5.41, 5.74) is 5.85. The first-order valence-corrected chi connectivity index (χ1v) is 11.0. The Balaban J connectivity index is 1.81. The zero-order valence-corrected chi connectivity index (χ0v) is 17.5. The number of sulfonamides is 1. The molecule has 0 radical (unpaired) electrons. The smallest absolute Gasteiger partial charge is 0.285 e. The van der Waals surface area contributed by atoms with E-state index in [4.69, 9.17) is 10.2 Å². The molecule has 2 N–H and O–H groups in total. The molecule has 27 heavy (non-hydrogen) atoms. The van der Waals surface area contributed by atoms with Crippen molar-refractivity contribution in [2.24, 2.45) is 10.1 Å². The van der Waals surface area contributed by atoms with Gasteiger partial charge in [0, 0.05) is 19.3 Å². The molecule has 0 unspecified atom stereocenters. The van der Waals surface area contributed by atoms with E-state index in [1.165, 1.54) is 12.1 Å².